The molecule has 0 aliphatic rings. The lowest BCUT2D eigenvalue weighted by Gasteiger charge is -2.09. The number of halogens is 2. The summed E-state index contributed by atoms with van der Waals surface area (Å²) in [5.41, 5.74) is 1.63. The van der Waals surface area contributed by atoms with Gasteiger partial charge < -0.3 is 14.2 Å². The van der Waals surface area contributed by atoms with Crippen LogP contribution in [0.3, 0.4) is 0 Å². The number of carbonyl (C=O) groups is 1. The molecule has 3 rings (SSSR count). The van der Waals surface area contributed by atoms with Gasteiger partial charge in [-0.3, -0.25) is 0 Å². The average molecular weight is 421 g/mol. The Morgan fingerprint density at radius 3 is 2.16 bits per heavy atom. The molecule has 0 radical (unpaired) electrons. The quantitative estimate of drug-likeness (QED) is 0.235. The number of ether oxygens (including phenoxy) is 3. The zero-order valence-electron chi connectivity index (χ0n) is 16.7. The first kappa shape index (κ1) is 21.5. The van der Waals surface area contributed by atoms with Crippen LogP contribution in [0, 0.1) is 23.0 Å². The number of methoxy groups -OCH3 is 2. The molecule has 0 bridgehead atoms. The van der Waals surface area contributed by atoms with Crippen LogP contribution in [0.4, 0.5) is 8.78 Å². The van der Waals surface area contributed by atoms with Crippen LogP contribution in [-0.2, 0) is 0 Å². The van der Waals surface area contributed by atoms with E-state index in [-0.39, 0.29) is 11.3 Å². The molecule has 3 aromatic rings. The molecule has 0 aliphatic carbocycles. The SMILES string of the molecule is COc1ccc(/C(C#N)=C\c2ccc(OC(=O)c3ccc(F)c(F)c3)cc2)cc1OC. The summed E-state index contributed by atoms with van der Waals surface area (Å²) < 4.78 is 41.9. The van der Waals surface area contributed by atoms with Crippen molar-refractivity contribution in [2.75, 3.05) is 14.2 Å². The van der Waals surface area contributed by atoms with Gasteiger partial charge in [0.25, 0.3) is 0 Å². The van der Waals surface area contributed by atoms with E-state index in [0.717, 1.165) is 18.2 Å². The maximum Gasteiger partial charge on any atom is 0.343 e. The van der Waals surface area contributed by atoms with Crippen LogP contribution in [-0.4, -0.2) is 20.2 Å². The molecule has 0 fully saturated rings. The number of hydrogen-bond acceptors (Lipinski definition) is 5. The highest BCUT2D eigenvalue weighted by atomic mass is 19.2. The van der Waals surface area contributed by atoms with E-state index < -0.39 is 17.6 Å². The van der Waals surface area contributed by atoms with Gasteiger partial charge in [-0.2, -0.15) is 5.26 Å². The third-order valence-corrected chi connectivity index (χ3v) is 4.37. The smallest absolute Gasteiger partial charge is 0.343 e. The topological polar surface area (TPSA) is 68.5 Å². The minimum absolute atomic E-state index is 0.108. The van der Waals surface area contributed by atoms with E-state index in [1.807, 2.05) is 0 Å². The molecule has 7 heteroatoms. The highest BCUT2D eigenvalue weighted by molar-refractivity contribution is 5.92. The number of benzene rings is 3. The van der Waals surface area contributed by atoms with Crippen LogP contribution in [0.5, 0.6) is 17.2 Å². The summed E-state index contributed by atoms with van der Waals surface area (Å²) in [5, 5.41) is 9.56. The van der Waals surface area contributed by atoms with Gasteiger partial charge in [0.2, 0.25) is 0 Å². The Balaban J connectivity index is 1.78. The van der Waals surface area contributed by atoms with Crippen molar-refractivity contribution in [1.82, 2.24) is 0 Å². The zero-order valence-corrected chi connectivity index (χ0v) is 16.7. The lowest BCUT2D eigenvalue weighted by Crippen LogP contribution is -2.09. The third kappa shape index (κ3) is 5.06. The summed E-state index contributed by atoms with van der Waals surface area (Å²) in [7, 11) is 3.04. The molecule has 0 saturated carbocycles. The van der Waals surface area contributed by atoms with Gasteiger partial charge in [-0.25, -0.2) is 13.6 Å². The van der Waals surface area contributed by atoms with Gasteiger partial charge in [0.15, 0.2) is 23.1 Å². The monoisotopic (exact) mass is 421 g/mol. The first-order valence-electron chi connectivity index (χ1n) is 9.06. The molecule has 0 spiro atoms. The molecular formula is C24H17F2NO4. The third-order valence-electron chi connectivity index (χ3n) is 4.37. The Kier molecular flexibility index (Phi) is 6.63. The normalized spacial score (nSPS) is 10.9. The molecule has 3 aromatic carbocycles. The molecule has 0 saturated heterocycles. The van der Waals surface area contributed by atoms with Crippen LogP contribution in [0.15, 0.2) is 60.7 Å². The van der Waals surface area contributed by atoms with Crippen molar-refractivity contribution in [2.24, 2.45) is 0 Å². The average Bonchev–Trinajstić information content (AvgIpc) is 2.79. The lowest BCUT2D eigenvalue weighted by molar-refractivity contribution is 0.0734. The fourth-order valence-electron chi connectivity index (χ4n) is 2.77. The van der Waals surface area contributed by atoms with E-state index in [0.29, 0.717) is 28.2 Å². The molecule has 0 unspecified atom stereocenters. The summed E-state index contributed by atoms with van der Waals surface area (Å²) >= 11 is 0. The zero-order chi connectivity index (χ0) is 22.4. The fraction of sp³-hybridized carbons (Fsp3) is 0.0833. The molecule has 31 heavy (non-hydrogen) atoms. The molecule has 0 N–H and O–H groups in total. The van der Waals surface area contributed by atoms with Crippen LogP contribution in [0.1, 0.15) is 21.5 Å². The van der Waals surface area contributed by atoms with E-state index in [1.54, 1.807) is 36.4 Å². The van der Waals surface area contributed by atoms with Gasteiger partial charge in [0.1, 0.15) is 5.75 Å². The number of nitriles is 1. The van der Waals surface area contributed by atoms with Gasteiger partial charge in [0, 0.05) is 0 Å². The molecule has 0 aromatic heterocycles. The molecule has 0 aliphatic heterocycles. The number of esters is 1. The minimum Gasteiger partial charge on any atom is -0.493 e. The Morgan fingerprint density at radius 2 is 1.55 bits per heavy atom. The second-order valence-corrected chi connectivity index (χ2v) is 6.33. The van der Waals surface area contributed by atoms with Gasteiger partial charge in [-0.1, -0.05) is 12.1 Å². The molecule has 5 nitrogen and oxygen atoms in total. The van der Waals surface area contributed by atoms with Crippen molar-refractivity contribution in [3.05, 3.63) is 89.0 Å². The van der Waals surface area contributed by atoms with Crippen molar-refractivity contribution >= 4 is 17.6 Å². The van der Waals surface area contributed by atoms with Crippen molar-refractivity contribution < 1.29 is 27.8 Å². The second-order valence-electron chi connectivity index (χ2n) is 6.33. The van der Waals surface area contributed by atoms with Crippen LogP contribution in [0.2, 0.25) is 0 Å². The number of nitrogens with zero attached hydrogens (tertiary/aromatic N) is 1. The number of allylic oxidation sites excluding steroid dienone is 1. The Morgan fingerprint density at radius 1 is 0.871 bits per heavy atom. The molecule has 0 amide bonds. The van der Waals surface area contributed by atoms with Crippen LogP contribution >= 0.6 is 0 Å². The molecular weight excluding hydrogens is 404 g/mol. The minimum atomic E-state index is -1.13. The second kappa shape index (κ2) is 9.55. The number of rotatable bonds is 6. The van der Waals surface area contributed by atoms with E-state index in [4.69, 9.17) is 14.2 Å². The van der Waals surface area contributed by atoms with Crippen molar-refractivity contribution in [2.45, 2.75) is 0 Å². The standard InChI is InChI=1S/C24H17F2NO4/c1-29-22-10-6-16(13-23(22)30-2)18(14-27)11-15-3-7-19(8-4-15)31-24(28)17-5-9-20(25)21(26)12-17/h3-13H,1-2H3/b18-11-. The van der Waals surface area contributed by atoms with Gasteiger partial charge in [0.05, 0.1) is 31.4 Å². The van der Waals surface area contributed by atoms with Crippen LogP contribution < -0.4 is 14.2 Å². The predicted octanol–water partition coefficient (Wildman–Crippen LogP) is 5.27. The van der Waals surface area contributed by atoms with Crippen molar-refractivity contribution in [3.8, 4) is 23.3 Å². The first-order chi connectivity index (χ1) is 14.9. The Hall–Kier alpha value is -4.18. The maximum absolute atomic E-state index is 13.3. The summed E-state index contributed by atoms with van der Waals surface area (Å²) in [5.74, 6) is -1.72. The van der Waals surface area contributed by atoms with Crippen LogP contribution in [0.25, 0.3) is 11.6 Å². The predicted molar refractivity (Wildman–Crippen MR) is 111 cm³/mol. The van der Waals surface area contributed by atoms with Gasteiger partial charge in [-0.15, -0.1) is 0 Å². The highest BCUT2D eigenvalue weighted by Crippen LogP contribution is 2.31. The van der Waals surface area contributed by atoms with E-state index >= 15 is 0 Å². The van der Waals surface area contributed by atoms with E-state index in [9.17, 15) is 18.8 Å². The number of carbonyl (C=O) groups excluding carboxylic acids is 1. The summed E-state index contributed by atoms with van der Waals surface area (Å²) in [6, 6.07) is 16.5. The summed E-state index contributed by atoms with van der Waals surface area (Å²) in [6.07, 6.45) is 1.67. The first-order valence-corrected chi connectivity index (χ1v) is 9.06. The Labute approximate surface area is 177 Å². The molecule has 0 atom stereocenters. The maximum atomic E-state index is 13.3. The van der Waals surface area contributed by atoms with E-state index in [2.05, 4.69) is 6.07 Å². The highest BCUT2D eigenvalue weighted by Gasteiger charge is 2.12. The molecule has 156 valence electrons. The summed E-state index contributed by atoms with van der Waals surface area (Å²) in [4.78, 5) is 12.1. The summed E-state index contributed by atoms with van der Waals surface area (Å²) in [6.45, 7) is 0. The van der Waals surface area contributed by atoms with Gasteiger partial charge >= 0.3 is 5.97 Å². The number of hydrogen-bond donors (Lipinski definition) is 0. The van der Waals surface area contributed by atoms with E-state index in [1.165, 1.54) is 26.4 Å². The lowest BCUT2D eigenvalue weighted by atomic mass is 10.0. The van der Waals surface area contributed by atoms with Gasteiger partial charge in [-0.05, 0) is 65.7 Å². The van der Waals surface area contributed by atoms with Crippen molar-refractivity contribution in [3.63, 3.8) is 0 Å². The fourth-order valence-corrected chi connectivity index (χ4v) is 2.77. The largest absolute Gasteiger partial charge is 0.493 e. The van der Waals surface area contributed by atoms with Crippen molar-refractivity contribution in [1.29, 1.82) is 5.26 Å². The Bertz CT molecular complexity index is 1180. The molecule has 0 heterocycles.